The van der Waals surface area contributed by atoms with Gasteiger partial charge >= 0.3 is 0 Å². The van der Waals surface area contributed by atoms with Gasteiger partial charge in [0.05, 0.1) is 0 Å². The van der Waals surface area contributed by atoms with E-state index in [0.29, 0.717) is 18.9 Å². The lowest BCUT2D eigenvalue weighted by Crippen LogP contribution is -2.19. The Hall–Kier alpha value is -1.87. The summed E-state index contributed by atoms with van der Waals surface area (Å²) in [5.74, 6) is 0.415. The zero-order chi connectivity index (χ0) is 15.4. The summed E-state index contributed by atoms with van der Waals surface area (Å²) in [7, 11) is 0. The maximum absolute atomic E-state index is 14.2. The summed E-state index contributed by atoms with van der Waals surface area (Å²) in [6.45, 7) is 5.36. The molecular formula is C19H22FNO. The number of rotatable bonds is 5. The molecule has 2 nitrogen and oxygen atoms in total. The molecule has 0 atom stereocenters. The zero-order valence-corrected chi connectivity index (χ0v) is 13.0. The summed E-state index contributed by atoms with van der Waals surface area (Å²) < 4.78 is 19.9. The molecule has 1 heterocycles. The third-order valence-corrected chi connectivity index (χ3v) is 4.11. The quantitative estimate of drug-likeness (QED) is 0.816. The summed E-state index contributed by atoms with van der Waals surface area (Å²) in [6.07, 6.45) is 2.44. The lowest BCUT2D eigenvalue weighted by molar-refractivity contribution is 0.302. The fourth-order valence-electron chi connectivity index (χ4n) is 2.90. The summed E-state index contributed by atoms with van der Waals surface area (Å²) in [5, 5.41) is 0. The number of halogens is 1. The van der Waals surface area contributed by atoms with E-state index >= 15 is 0 Å². The second-order valence-electron chi connectivity index (χ2n) is 6.01. The van der Waals surface area contributed by atoms with Gasteiger partial charge in [-0.25, -0.2) is 4.39 Å². The van der Waals surface area contributed by atoms with Crippen molar-refractivity contribution in [2.45, 2.75) is 32.9 Å². The molecular weight excluding hydrogens is 277 g/mol. The van der Waals surface area contributed by atoms with Crippen molar-refractivity contribution in [3.63, 3.8) is 0 Å². The molecule has 3 heteroatoms. The average molecular weight is 299 g/mol. The van der Waals surface area contributed by atoms with Crippen LogP contribution in [0.1, 0.15) is 29.5 Å². The van der Waals surface area contributed by atoms with Crippen molar-refractivity contribution in [3.05, 3.63) is 65.0 Å². The van der Waals surface area contributed by atoms with Gasteiger partial charge in [-0.05, 0) is 44.5 Å². The number of hydrogen-bond acceptors (Lipinski definition) is 2. The van der Waals surface area contributed by atoms with Gasteiger partial charge < -0.3 is 4.74 Å². The molecule has 1 aliphatic rings. The van der Waals surface area contributed by atoms with Crippen LogP contribution in [0, 0.1) is 12.7 Å². The second kappa shape index (κ2) is 6.93. The Bertz CT molecular complexity index is 635. The largest absolute Gasteiger partial charge is 0.489 e. The maximum Gasteiger partial charge on any atom is 0.131 e. The van der Waals surface area contributed by atoms with Gasteiger partial charge in [0.25, 0.3) is 0 Å². The Balaban J connectivity index is 1.61. The van der Waals surface area contributed by atoms with Crippen LogP contribution in [0.4, 0.5) is 4.39 Å². The molecule has 1 aliphatic heterocycles. The first-order chi connectivity index (χ1) is 10.7. The van der Waals surface area contributed by atoms with Crippen LogP contribution in [-0.4, -0.2) is 18.0 Å². The molecule has 0 N–H and O–H groups in total. The first-order valence-corrected chi connectivity index (χ1v) is 7.90. The van der Waals surface area contributed by atoms with Crippen LogP contribution in [0.3, 0.4) is 0 Å². The van der Waals surface area contributed by atoms with E-state index in [0.717, 1.165) is 24.2 Å². The van der Waals surface area contributed by atoms with E-state index in [9.17, 15) is 4.39 Å². The van der Waals surface area contributed by atoms with Crippen LogP contribution in [0.15, 0.2) is 42.5 Å². The van der Waals surface area contributed by atoms with Crippen molar-refractivity contribution in [2.24, 2.45) is 0 Å². The minimum Gasteiger partial charge on any atom is -0.489 e. The summed E-state index contributed by atoms with van der Waals surface area (Å²) in [4.78, 5) is 2.30. The fraction of sp³-hybridized carbons (Fsp3) is 0.368. The molecule has 0 radical (unpaired) electrons. The lowest BCUT2D eigenvalue weighted by atomic mass is 10.1. The highest BCUT2D eigenvalue weighted by molar-refractivity contribution is 5.30. The SMILES string of the molecule is Cc1cccc(COc2ccc(CN3CCCC3)c(F)c2)c1. The van der Waals surface area contributed by atoms with Crippen LogP contribution in [-0.2, 0) is 13.2 Å². The highest BCUT2D eigenvalue weighted by atomic mass is 19.1. The predicted molar refractivity (Wildman–Crippen MR) is 86.4 cm³/mol. The molecule has 0 aliphatic carbocycles. The highest BCUT2D eigenvalue weighted by Crippen LogP contribution is 2.21. The Morgan fingerprint density at radius 3 is 2.64 bits per heavy atom. The number of likely N-dealkylation sites (tertiary alicyclic amines) is 1. The van der Waals surface area contributed by atoms with Crippen LogP contribution in [0.25, 0.3) is 0 Å². The molecule has 0 saturated carbocycles. The van der Waals surface area contributed by atoms with Crippen molar-refractivity contribution in [2.75, 3.05) is 13.1 Å². The van der Waals surface area contributed by atoms with Gasteiger partial charge in [-0.2, -0.15) is 0 Å². The number of aryl methyl sites for hydroxylation is 1. The van der Waals surface area contributed by atoms with Crippen molar-refractivity contribution >= 4 is 0 Å². The number of ether oxygens (including phenoxy) is 1. The third-order valence-electron chi connectivity index (χ3n) is 4.11. The molecule has 2 aromatic rings. The smallest absolute Gasteiger partial charge is 0.131 e. The summed E-state index contributed by atoms with van der Waals surface area (Å²) in [5.41, 5.74) is 3.06. The Kier molecular flexibility index (Phi) is 4.74. The van der Waals surface area contributed by atoms with E-state index in [-0.39, 0.29) is 5.82 Å². The first-order valence-electron chi connectivity index (χ1n) is 7.90. The minimum atomic E-state index is -0.173. The van der Waals surface area contributed by atoms with Gasteiger partial charge in [-0.15, -0.1) is 0 Å². The lowest BCUT2D eigenvalue weighted by Gasteiger charge is -2.15. The average Bonchev–Trinajstić information content (AvgIpc) is 3.01. The van der Waals surface area contributed by atoms with Gasteiger partial charge in [0.1, 0.15) is 18.2 Å². The van der Waals surface area contributed by atoms with Crippen molar-refractivity contribution in [1.82, 2.24) is 4.90 Å². The standard InChI is InChI=1S/C19H22FNO/c1-15-5-4-6-16(11-15)14-22-18-8-7-17(19(20)12-18)13-21-9-2-3-10-21/h4-8,11-12H,2-3,9-10,13-14H2,1H3. The normalized spacial score (nSPS) is 15.2. The molecule has 1 saturated heterocycles. The molecule has 0 bridgehead atoms. The van der Waals surface area contributed by atoms with E-state index in [1.54, 1.807) is 0 Å². The molecule has 22 heavy (non-hydrogen) atoms. The first kappa shape index (κ1) is 15.0. The third kappa shape index (κ3) is 3.86. The Labute approximate surface area is 131 Å². The molecule has 0 aromatic heterocycles. The van der Waals surface area contributed by atoms with Crippen LogP contribution in [0.5, 0.6) is 5.75 Å². The van der Waals surface area contributed by atoms with Crippen molar-refractivity contribution in [1.29, 1.82) is 0 Å². The summed E-state index contributed by atoms with van der Waals surface area (Å²) >= 11 is 0. The Morgan fingerprint density at radius 1 is 1.09 bits per heavy atom. The zero-order valence-electron chi connectivity index (χ0n) is 13.0. The van der Waals surface area contributed by atoms with E-state index in [1.807, 2.05) is 24.3 Å². The van der Waals surface area contributed by atoms with E-state index < -0.39 is 0 Å². The van der Waals surface area contributed by atoms with Crippen LogP contribution < -0.4 is 4.74 Å². The predicted octanol–water partition coefficient (Wildman–Crippen LogP) is 4.31. The number of hydrogen-bond donors (Lipinski definition) is 0. The molecule has 2 aromatic carbocycles. The fourth-order valence-corrected chi connectivity index (χ4v) is 2.90. The Morgan fingerprint density at radius 2 is 1.91 bits per heavy atom. The highest BCUT2D eigenvalue weighted by Gasteiger charge is 2.14. The second-order valence-corrected chi connectivity index (χ2v) is 6.01. The van der Waals surface area contributed by atoms with Gasteiger partial charge in [-0.1, -0.05) is 35.9 Å². The van der Waals surface area contributed by atoms with Gasteiger partial charge in [-0.3, -0.25) is 4.90 Å². The van der Waals surface area contributed by atoms with Crippen LogP contribution in [0.2, 0.25) is 0 Å². The van der Waals surface area contributed by atoms with Crippen molar-refractivity contribution < 1.29 is 9.13 Å². The summed E-state index contributed by atoms with van der Waals surface area (Å²) in [6, 6.07) is 13.4. The van der Waals surface area contributed by atoms with E-state index in [2.05, 4.69) is 24.0 Å². The molecule has 0 amide bonds. The van der Waals surface area contributed by atoms with Gasteiger partial charge in [0, 0.05) is 18.2 Å². The van der Waals surface area contributed by atoms with Crippen LogP contribution >= 0.6 is 0 Å². The molecule has 0 unspecified atom stereocenters. The van der Waals surface area contributed by atoms with Gasteiger partial charge in [0.2, 0.25) is 0 Å². The maximum atomic E-state index is 14.2. The monoisotopic (exact) mass is 299 g/mol. The minimum absolute atomic E-state index is 0.173. The molecule has 3 rings (SSSR count). The number of nitrogens with zero attached hydrogens (tertiary/aromatic N) is 1. The van der Waals surface area contributed by atoms with Gasteiger partial charge in [0.15, 0.2) is 0 Å². The van der Waals surface area contributed by atoms with Crippen molar-refractivity contribution in [3.8, 4) is 5.75 Å². The van der Waals surface area contributed by atoms with E-state index in [4.69, 9.17) is 4.74 Å². The molecule has 116 valence electrons. The van der Waals surface area contributed by atoms with E-state index in [1.165, 1.54) is 24.5 Å². The molecule has 0 spiro atoms. The topological polar surface area (TPSA) is 12.5 Å². The number of benzene rings is 2. The molecule has 1 fully saturated rings.